The van der Waals surface area contributed by atoms with Crippen LogP contribution in [0, 0.1) is 5.92 Å². The lowest BCUT2D eigenvalue weighted by Crippen LogP contribution is -2.53. The van der Waals surface area contributed by atoms with Crippen LogP contribution in [-0.4, -0.2) is 50.3 Å². The summed E-state index contributed by atoms with van der Waals surface area (Å²) in [4.78, 5) is 14.9. The van der Waals surface area contributed by atoms with Crippen LogP contribution in [0.25, 0.3) is 10.9 Å². The topological polar surface area (TPSA) is 77.6 Å². The van der Waals surface area contributed by atoms with E-state index in [1.807, 2.05) is 30.5 Å². The van der Waals surface area contributed by atoms with Crippen molar-refractivity contribution in [3.05, 3.63) is 30.5 Å². The molecule has 3 N–H and O–H groups in total. The quantitative estimate of drug-likeness (QED) is 0.490. The first-order valence-corrected chi connectivity index (χ1v) is 11.4. The van der Waals surface area contributed by atoms with Crippen molar-refractivity contribution < 1.29 is 14.6 Å². The lowest BCUT2D eigenvalue weighted by atomic mass is 9.70. The fourth-order valence-corrected chi connectivity index (χ4v) is 4.84. The molecule has 0 aliphatic heterocycles. The monoisotopic (exact) mass is 479 g/mol. The molecule has 30 heavy (non-hydrogen) atoms. The predicted octanol–water partition coefficient (Wildman–Crippen LogP) is 4.38. The number of nitrogens with one attached hydrogen (secondary N) is 2. The van der Waals surface area contributed by atoms with Gasteiger partial charge in [0, 0.05) is 36.1 Å². The number of hydrogen-bond donors (Lipinski definition) is 3. The summed E-state index contributed by atoms with van der Waals surface area (Å²) in [6, 6.07) is 7.85. The molecule has 1 heterocycles. The Hall–Kier alpha value is -1.57. The van der Waals surface area contributed by atoms with Crippen LogP contribution in [0.15, 0.2) is 30.5 Å². The molecule has 1 aromatic carbocycles. The van der Waals surface area contributed by atoms with Crippen molar-refractivity contribution in [1.29, 1.82) is 0 Å². The summed E-state index contributed by atoms with van der Waals surface area (Å²) in [6.07, 6.45) is 5.28. The molecule has 1 fully saturated rings. The number of fused-ring (bicyclic) bond motifs is 1. The van der Waals surface area contributed by atoms with Gasteiger partial charge in [0.15, 0.2) is 0 Å². The summed E-state index contributed by atoms with van der Waals surface area (Å²) in [6.45, 7) is 8.86. The summed E-state index contributed by atoms with van der Waals surface area (Å²) in [7, 11) is 0. The molecular formula is C23H34BrN3O3. The van der Waals surface area contributed by atoms with Gasteiger partial charge in [-0.25, -0.2) is 0 Å². The predicted molar refractivity (Wildman–Crippen MR) is 124 cm³/mol. The Morgan fingerprint density at radius 1 is 1.40 bits per heavy atom. The van der Waals surface area contributed by atoms with E-state index in [2.05, 4.69) is 47.2 Å². The zero-order chi connectivity index (χ0) is 21.9. The number of aromatic nitrogens is 1. The van der Waals surface area contributed by atoms with Gasteiger partial charge in [0.1, 0.15) is 18.5 Å². The number of carbonyl (C=O) groups is 1. The van der Waals surface area contributed by atoms with Crippen LogP contribution < -0.4 is 10.1 Å². The number of hydrogen-bond acceptors (Lipinski definition) is 4. The largest absolute Gasteiger partial charge is 0.490 e. The molecule has 0 bridgehead atoms. The first-order chi connectivity index (χ1) is 14.1. The number of ether oxygens (including phenoxy) is 1. The Morgan fingerprint density at radius 2 is 2.10 bits per heavy atom. The molecule has 1 aliphatic carbocycles. The molecule has 166 valence electrons. The SMILES string of the molecule is CC(=O)N(Br)C1(C)CCC(C(C)(C)NCC(O)COc2cccc3[nH]ccc23)CC1. The minimum atomic E-state index is -0.594. The molecule has 1 saturated carbocycles. The van der Waals surface area contributed by atoms with Crippen molar-refractivity contribution in [1.82, 2.24) is 14.2 Å². The second kappa shape index (κ2) is 9.28. The number of β-amino-alcohol motifs (C(OH)–C–C–N with tert-alkyl or cyclic N) is 1. The highest BCUT2D eigenvalue weighted by Crippen LogP contribution is 2.41. The molecule has 0 radical (unpaired) electrons. The second-order valence-corrected chi connectivity index (χ2v) is 10.0. The average molecular weight is 480 g/mol. The number of amides is 1. The van der Waals surface area contributed by atoms with Crippen molar-refractivity contribution in [3.8, 4) is 5.75 Å². The van der Waals surface area contributed by atoms with E-state index in [0.717, 1.165) is 42.3 Å². The van der Waals surface area contributed by atoms with E-state index in [1.54, 1.807) is 10.8 Å². The molecule has 0 saturated heterocycles. The van der Waals surface area contributed by atoms with Crippen LogP contribution >= 0.6 is 16.1 Å². The number of aromatic amines is 1. The maximum atomic E-state index is 11.8. The number of aliphatic hydroxyl groups is 1. The van der Waals surface area contributed by atoms with Gasteiger partial charge >= 0.3 is 0 Å². The summed E-state index contributed by atoms with van der Waals surface area (Å²) in [5, 5.41) is 15.0. The van der Waals surface area contributed by atoms with Crippen molar-refractivity contribution in [3.63, 3.8) is 0 Å². The van der Waals surface area contributed by atoms with Crippen molar-refractivity contribution in [2.45, 2.75) is 70.6 Å². The van der Waals surface area contributed by atoms with Crippen LogP contribution in [-0.2, 0) is 4.79 Å². The third-order valence-electron chi connectivity index (χ3n) is 6.61. The zero-order valence-electron chi connectivity index (χ0n) is 18.4. The van der Waals surface area contributed by atoms with Gasteiger partial charge in [-0.05, 0) is 70.6 Å². The van der Waals surface area contributed by atoms with E-state index < -0.39 is 6.10 Å². The van der Waals surface area contributed by atoms with Gasteiger partial charge in [-0.3, -0.25) is 8.72 Å². The van der Waals surface area contributed by atoms with Crippen molar-refractivity contribution in [2.75, 3.05) is 13.2 Å². The molecule has 6 nitrogen and oxygen atoms in total. The molecule has 1 amide bonds. The highest BCUT2D eigenvalue weighted by Gasteiger charge is 2.41. The number of halogens is 1. The summed E-state index contributed by atoms with van der Waals surface area (Å²) in [5.41, 5.74) is 0.791. The van der Waals surface area contributed by atoms with Crippen LogP contribution in [0.5, 0.6) is 5.75 Å². The van der Waals surface area contributed by atoms with Crippen LogP contribution in [0.3, 0.4) is 0 Å². The second-order valence-electron chi connectivity index (χ2n) is 9.33. The van der Waals surface area contributed by atoms with E-state index in [-0.39, 0.29) is 23.6 Å². The Balaban J connectivity index is 1.47. The fraction of sp³-hybridized carbons (Fsp3) is 0.609. The number of aliphatic hydroxyl groups excluding tert-OH is 1. The summed E-state index contributed by atoms with van der Waals surface area (Å²) < 4.78 is 7.58. The minimum Gasteiger partial charge on any atom is -0.490 e. The summed E-state index contributed by atoms with van der Waals surface area (Å²) in [5.74, 6) is 1.32. The third kappa shape index (κ3) is 5.18. The standard InChI is InChI=1S/C23H34BrN3O3/c1-16(28)27(24)23(4)11-8-17(9-12-23)22(2,3)26-14-18(29)15-30-21-7-5-6-20-19(21)10-13-25-20/h5-7,10,13,17-18,25-26,29H,8-9,11-12,14-15H2,1-4H3. The summed E-state index contributed by atoms with van der Waals surface area (Å²) >= 11 is 3.45. The number of nitrogens with zero attached hydrogens (tertiary/aromatic N) is 1. The molecular weight excluding hydrogens is 446 g/mol. The number of carbonyl (C=O) groups excluding carboxylic acids is 1. The van der Waals surface area contributed by atoms with Gasteiger partial charge in [-0.1, -0.05) is 6.07 Å². The Morgan fingerprint density at radius 3 is 2.77 bits per heavy atom. The number of H-pyrrole nitrogens is 1. The highest BCUT2D eigenvalue weighted by atomic mass is 79.9. The van der Waals surface area contributed by atoms with Gasteiger partial charge in [0.2, 0.25) is 5.91 Å². The lowest BCUT2D eigenvalue weighted by molar-refractivity contribution is -0.127. The number of rotatable bonds is 8. The molecule has 1 aromatic heterocycles. The fourth-order valence-electron chi connectivity index (χ4n) is 4.49. The van der Waals surface area contributed by atoms with E-state index in [0.29, 0.717) is 12.5 Å². The van der Waals surface area contributed by atoms with Crippen LogP contribution in [0.4, 0.5) is 0 Å². The first kappa shape index (κ1) is 23.1. The number of benzene rings is 1. The van der Waals surface area contributed by atoms with Gasteiger partial charge in [0.25, 0.3) is 0 Å². The Labute approximate surface area is 187 Å². The molecule has 3 rings (SSSR count). The molecule has 2 aromatic rings. The van der Waals surface area contributed by atoms with Crippen molar-refractivity contribution >= 4 is 33.0 Å². The Bertz CT molecular complexity index is 858. The molecule has 0 spiro atoms. The molecule has 1 unspecified atom stereocenters. The first-order valence-electron chi connectivity index (χ1n) is 10.7. The van der Waals surface area contributed by atoms with Gasteiger partial charge in [0.05, 0.1) is 21.7 Å². The van der Waals surface area contributed by atoms with E-state index in [9.17, 15) is 9.90 Å². The normalized spacial score (nSPS) is 23.3. The maximum Gasteiger partial charge on any atom is 0.229 e. The van der Waals surface area contributed by atoms with Crippen LogP contribution in [0.1, 0.15) is 53.4 Å². The zero-order valence-corrected chi connectivity index (χ0v) is 20.0. The van der Waals surface area contributed by atoms with Crippen LogP contribution in [0.2, 0.25) is 0 Å². The van der Waals surface area contributed by atoms with E-state index in [4.69, 9.17) is 4.74 Å². The average Bonchev–Trinajstić information content (AvgIpc) is 3.20. The molecule has 1 aliphatic rings. The van der Waals surface area contributed by atoms with Gasteiger partial charge in [-0.15, -0.1) is 0 Å². The van der Waals surface area contributed by atoms with E-state index in [1.165, 1.54) is 0 Å². The lowest BCUT2D eigenvalue weighted by Gasteiger charge is -2.46. The third-order valence-corrected chi connectivity index (χ3v) is 7.97. The highest BCUT2D eigenvalue weighted by molar-refractivity contribution is 9.07. The smallest absolute Gasteiger partial charge is 0.229 e. The van der Waals surface area contributed by atoms with Gasteiger partial charge < -0.3 is 20.1 Å². The van der Waals surface area contributed by atoms with E-state index >= 15 is 0 Å². The molecule has 7 heteroatoms. The maximum absolute atomic E-state index is 11.8. The van der Waals surface area contributed by atoms with Gasteiger partial charge in [-0.2, -0.15) is 0 Å². The molecule has 1 atom stereocenters. The minimum absolute atomic E-state index is 0.0480. The Kier molecular flexibility index (Phi) is 7.15. The van der Waals surface area contributed by atoms with Crippen molar-refractivity contribution in [2.24, 2.45) is 5.92 Å².